The number of aliphatic carboxylic acids is 1. The van der Waals surface area contributed by atoms with E-state index in [0.29, 0.717) is 12.1 Å². The van der Waals surface area contributed by atoms with Crippen LogP contribution in [0.25, 0.3) is 22.4 Å². The molecule has 0 saturated heterocycles. The molecule has 3 aromatic carbocycles. The largest absolute Gasteiger partial charge is 0.480 e. The van der Waals surface area contributed by atoms with Crippen LogP contribution in [-0.2, 0) is 11.3 Å². The van der Waals surface area contributed by atoms with Crippen LogP contribution in [0, 0.1) is 0 Å². The molecule has 7 heteroatoms. The number of hydrogen-bond donors (Lipinski definition) is 2. The Kier molecular flexibility index (Phi) is 7.34. The molecule has 2 N–H and O–H groups in total. The second-order valence-corrected chi connectivity index (χ2v) is 8.58. The number of hydrogen-bond acceptors (Lipinski definition) is 5. The van der Waals surface area contributed by atoms with Gasteiger partial charge in [0.05, 0.1) is 5.69 Å². The van der Waals surface area contributed by atoms with Crippen molar-refractivity contribution >= 4 is 28.3 Å². The Labute approximate surface area is 202 Å². The van der Waals surface area contributed by atoms with Gasteiger partial charge in [-0.05, 0) is 35.7 Å². The molecule has 0 spiro atoms. The van der Waals surface area contributed by atoms with Crippen LogP contribution in [0.1, 0.15) is 22.8 Å². The van der Waals surface area contributed by atoms with Gasteiger partial charge in [-0.15, -0.1) is 11.3 Å². The van der Waals surface area contributed by atoms with E-state index in [-0.39, 0.29) is 0 Å². The molecule has 0 aliphatic heterocycles. The van der Waals surface area contributed by atoms with Crippen molar-refractivity contribution in [1.82, 2.24) is 10.3 Å². The summed E-state index contributed by atoms with van der Waals surface area (Å²) in [4.78, 5) is 29.7. The predicted molar refractivity (Wildman–Crippen MR) is 136 cm³/mol. The maximum Gasteiger partial charge on any atom is 0.322 e. The highest BCUT2D eigenvalue weighted by Gasteiger charge is 2.13. The molecule has 6 nitrogen and oxygen atoms in total. The first-order valence-corrected chi connectivity index (χ1v) is 11.9. The van der Waals surface area contributed by atoms with Crippen molar-refractivity contribution in [2.75, 3.05) is 18.0 Å². The van der Waals surface area contributed by atoms with E-state index in [1.54, 1.807) is 23.5 Å². The summed E-state index contributed by atoms with van der Waals surface area (Å²) in [5.74, 6) is -1.47. The number of carboxylic acid groups (broad SMARTS) is 1. The van der Waals surface area contributed by atoms with E-state index in [0.717, 1.165) is 28.5 Å². The van der Waals surface area contributed by atoms with Crippen LogP contribution in [0.2, 0.25) is 0 Å². The number of anilines is 1. The summed E-state index contributed by atoms with van der Waals surface area (Å²) in [5.41, 5.74) is 5.87. The number of amides is 1. The van der Waals surface area contributed by atoms with E-state index in [1.807, 2.05) is 30.3 Å². The van der Waals surface area contributed by atoms with Crippen LogP contribution >= 0.6 is 11.3 Å². The van der Waals surface area contributed by atoms with Crippen LogP contribution in [0.4, 0.5) is 5.13 Å². The van der Waals surface area contributed by atoms with Crippen molar-refractivity contribution in [1.29, 1.82) is 0 Å². The van der Waals surface area contributed by atoms with Gasteiger partial charge in [0.25, 0.3) is 5.91 Å². The summed E-state index contributed by atoms with van der Waals surface area (Å²) in [5, 5.41) is 14.1. The summed E-state index contributed by atoms with van der Waals surface area (Å²) >= 11 is 1.61. The van der Waals surface area contributed by atoms with E-state index in [9.17, 15) is 9.59 Å². The molecule has 0 saturated carbocycles. The average molecular weight is 472 g/mol. The molecule has 34 heavy (non-hydrogen) atoms. The SMILES string of the molecule is CCN(Cc1ccc(C(=O)NCC(=O)O)cc1)c1nc(-c2ccc(-c3ccccc3)cc2)cs1. The van der Waals surface area contributed by atoms with Crippen molar-refractivity contribution in [3.8, 4) is 22.4 Å². The Hall–Kier alpha value is -3.97. The second kappa shape index (κ2) is 10.8. The van der Waals surface area contributed by atoms with E-state index >= 15 is 0 Å². The first-order chi connectivity index (χ1) is 16.5. The zero-order valence-electron chi connectivity index (χ0n) is 18.8. The monoisotopic (exact) mass is 471 g/mol. The Morgan fingerprint density at radius 2 is 1.56 bits per heavy atom. The highest BCUT2D eigenvalue weighted by atomic mass is 32.1. The van der Waals surface area contributed by atoms with Crippen LogP contribution in [-0.4, -0.2) is 35.1 Å². The molecule has 4 aromatic rings. The fourth-order valence-electron chi connectivity index (χ4n) is 3.56. The maximum absolute atomic E-state index is 12.0. The number of carbonyl (C=O) groups is 2. The van der Waals surface area contributed by atoms with Gasteiger partial charge in [0.2, 0.25) is 0 Å². The summed E-state index contributed by atoms with van der Waals surface area (Å²) in [6.45, 7) is 3.14. The molecule has 0 aliphatic carbocycles. The molecule has 4 rings (SSSR count). The fourth-order valence-corrected chi connectivity index (χ4v) is 4.46. The number of nitrogens with zero attached hydrogens (tertiary/aromatic N) is 2. The molecule has 0 bridgehead atoms. The maximum atomic E-state index is 12.0. The van der Waals surface area contributed by atoms with Crippen LogP contribution in [0.5, 0.6) is 0 Å². The van der Waals surface area contributed by atoms with Gasteiger partial charge in [0, 0.05) is 29.6 Å². The van der Waals surface area contributed by atoms with Gasteiger partial charge in [0.1, 0.15) is 6.54 Å². The van der Waals surface area contributed by atoms with Crippen molar-refractivity contribution in [3.05, 3.63) is 95.4 Å². The van der Waals surface area contributed by atoms with Gasteiger partial charge >= 0.3 is 5.97 Å². The number of rotatable bonds is 9. The van der Waals surface area contributed by atoms with E-state index in [4.69, 9.17) is 10.1 Å². The molecule has 0 unspecified atom stereocenters. The molecule has 0 aliphatic rings. The number of carbonyl (C=O) groups excluding carboxylic acids is 1. The van der Waals surface area contributed by atoms with Crippen molar-refractivity contribution < 1.29 is 14.7 Å². The molecule has 0 radical (unpaired) electrons. The minimum atomic E-state index is -1.07. The molecular formula is C27H25N3O3S. The summed E-state index contributed by atoms with van der Waals surface area (Å²) in [6, 6.07) is 25.9. The average Bonchev–Trinajstić information content (AvgIpc) is 3.37. The van der Waals surface area contributed by atoms with Crippen molar-refractivity contribution in [3.63, 3.8) is 0 Å². The van der Waals surface area contributed by atoms with E-state index in [2.05, 4.69) is 58.9 Å². The van der Waals surface area contributed by atoms with Crippen molar-refractivity contribution in [2.24, 2.45) is 0 Å². The molecule has 0 atom stereocenters. The Balaban J connectivity index is 1.43. The van der Waals surface area contributed by atoms with E-state index in [1.165, 1.54) is 11.1 Å². The number of carboxylic acids is 1. The van der Waals surface area contributed by atoms with Gasteiger partial charge in [-0.1, -0.05) is 66.7 Å². The molecule has 0 fully saturated rings. The highest BCUT2D eigenvalue weighted by Crippen LogP contribution is 2.30. The summed E-state index contributed by atoms with van der Waals surface area (Å²) in [7, 11) is 0. The first-order valence-electron chi connectivity index (χ1n) is 11.0. The molecule has 1 heterocycles. The van der Waals surface area contributed by atoms with Crippen molar-refractivity contribution in [2.45, 2.75) is 13.5 Å². The number of benzene rings is 3. The first kappa shape index (κ1) is 23.2. The number of nitrogens with one attached hydrogen (secondary N) is 1. The summed E-state index contributed by atoms with van der Waals surface area (Å²) in [6.07, 6.45) is 0. The Bertz CT molecular complexity index is 1250. The van der Waals surface area contributed by atoms with Crippen LogP contribution in [0.15, 0.2) is 84.2 Å². The lowest BCUT2D eigenvalue weighted by Gasteiger charge is -2.20. The summed E-state index contributed by atoms with van der Waals surface area (Å²) < 4.78 is 0. The molecule has 1 aromatic heterocycles. The van der Waals surface area contributed by atoms with Gasteiger partial charge in [-0.2, -0.15) is 0 Å². The predicted octanol–water partition coefficient (Wildman–Crippen LogP) is 5.32. The zero-order chi connectivity index (χ0) is 23.9. The van der Waals surface area contributed by atoms with Gasteiger partial charge < -0.3 is 15.3 Å². The third-order valence-corrected chi connectivity index (χ3v) is 6.32. The topological polar surface area (TPSA) is 82.5 Å². The molecule has 1 amide bonds. The lowest BCUT2D eigenvalue weighted by Crippen LogP contribution is -2.29. The van der Waals surface area contributed by atoms with Crippen LogP contribution in [0.3, 0.4) is 0 Å². The van der Waals surface area contributed by atoms with Crippen LogP contribution < -0.4 is 10.2 Å². The number of thiazole rings is 1. The van der Waals surface area contributed by atoms with Gasteiger partial charge in [-0.3, -0.25) is 9.59 Å². The third-order valence-electron chi connectivity index (χ3n) is 5.42. The lowest BCUT2D eigenvalue weighted by atomic mass is 10.0. The zero-order valence-corrected chi connectivity index (χ0v) is 19.6. The minimum absolute atomic E-state index is 0.397. The quantitative estimate of drug-likeness (QED) is 0.345. The third kappa shape index (κ3) is 5.68. The Morgan fingerprint density at radius 1 is 0.912 bits per heavy atom. The second-order valence-electron chi connectivity index (χ2n) is 7.75. The highest BCUT2D eigenvalue weighted by molar-refractivity contribution is 7.14. The van der Waals surface area contributed by atoms with Gasteiger partial charge in [0.15, 0.2) is 5.13 Å². The standard InChI is InChI=1S/C27H25N3O3S/c1-2-30(17-19-8-10-23(11-9-19)26(33)28-16-25(31)32)27-29-24(18-34-27)22-14-12-21(13-15-22)20-6-4-3-5-7-20/h3-15,18H,2,16-17H2,1H3,(H,28,33)(H,31,32). The normalized spacial score (nSPS) is 10.6. The Morgan fingerprint density at radius 3 is 2.21 bits per heavy atom. The number of aromatic nitrogens is 1. The minimum Gasteiger partial charge on any atom is -0.480 e. The fraction of sp³-hybridized carbons (Fsp3) is 0.148. The smallest absolute Gasteiger partial charge is 0.322 e. The van der Waals surface area contributed by atoms with Gasteiger partial charge in [-0.25, -0.2) is 4.98 Å². The lowest BCUT2D eigenvalue weighted by molar-refractivity contribution is -0.135. The molecule has 172 valence electrons. The van der Waals surface area contributed by atoms with E-state index < -0.39 is 18.4 Å². The molecular weight excluding hydrogens is 446 g/mol.